The smallest absolute Gasteiger partial charge is 0.174 e. The number of halogens is 2. The van der Waals surface area contributed by atoms with Crippen LogP contribution >= 0.6 is 0 Å². The van der Waals surface area contributed by atoms with Crippen molar-refractivity contribution in [3.63, 3.8) is 0 Å². The highest BCUT2D eigenvalue weighted by molar-refractivity contribution is 5.78. The van der Waals surface area contributed by atoms with Gasteiger partial charge < -0.3 is 10.2 Å². The average Bonchev–Trinajstić information content (AvgIpc) is 2.59. The zero-order valence-corrected chi connectivity index (χ0v) is 12.5. The number of aromatic hydroxyl groups is 2. The summed E-state index contributed by atoms with van der Waals surface area (Å²) in [6, 6.07) is 13.1. The molecule has 0 saturated carbocycles. The van der Waals surface area contributed by atoms with Crippen molar-refractivity contribution >= 4 is 5.57 Å². The largest absolute Gasteiger partial charge is 0.505 e. The van der Waals surface area contributed by atoms with Crippen molar-refractivity contribution in [3.05, 3.63) is 84.1 Å². The third-order valence-electron chi connectivity index (χ3n) is 3.61. The molecule has 5 heteroatoms. The van der Waals surface area contributed by atoms with Gasteiger partial charge in [-0.1, -0.05) is 24.8 Å². The molecule has 120 valence electrons. The summed E-state index contributed by atoms with van der Waals surface area (Å²) in [5.74, 6) is -2.42. The van der Waals surface area contributed by atoms with Crippen LogP contribution in [0.3, 0.4) is 0 Å². The van der Waals surface area contributed by atoms with E-state index in [1.54, 1.807) is 18.2 Å². The van der Waals surface area contributed by atoms with Gasteiger partial charge in [-0.25, -0.2) is 13.8 Å². The summed E-state index contributed by atoms with van der Waals surface area (Å²) >= 11 is 0. The van der Waals surface area contributed by atoms with E-state index in [4.69, 9.17) is 0 Å². The van der Waals surface area contributed by atoms with E-state index < -0.39 is 23.1 Å². The molecule has 0 fully saturated rings. The van der Waals surface area contributed by atoms with Gasteiger partial charge in [-0.3, -0.25) is 0 Å². The molecule has 0 aliphatic heterocycles. The lowest BCUT2D eigenvalue weighted by Gasteiger charge is -2.09. The lowest BCUT2D eigenvalue weighted by atomic mass is 10.0. The van der Waals surface area contributed by atoms with Crippen molar-refractivity contribution in [2.45, 2.75) is 0 Å². The lowest BCUT2D eigenvalue weighted by molar-refractivity contribution is 0.432. The summed E-state index contributed by atoms with van der Waals surface area (Å²) in [6.07, 6.45) is 0. The number of aromatic nitrogens is 1. The van der Waals surface area contributed by atoms with Crippen molar-refractivity contribution in [1.29, 1.82) is 0 Å². The van der Waals surface area contributed by atoms with Crippen LogP contribution in [0.15, 0.2) is 61.2 Å². The molecule has 0 aliphatic rings. The van der Waals surface area contributed by atoms with Gasteiger partial charge in [0.1, 0.15) is 0 Å². The Labute approximate surface area is 137 Å². The Morgan fingerprint density at radius 1 is 0.917 bits per heavy atom. The molecule has 3 aromatic rings. The van der Waals surface area contributed by atoms with E-state index in [-0.39, 0.29) is 5.56 Å². The van der Waals surface area contributed by atoms with Crippen molar-refractivity contribution in [1.82, 2.24) is 4.98 Å². The molecule has 0 radical (unpaired) electrons. The van der Waals surface area contributed by atoms with Gasteiger partial charge in [0.15, 0.2) is 23.1 Å². The first kappa shape index (κ1) is 15.7. The minimum Gasteiger partial charge on any atom is -0.505 e. The van der Waals surface area contributed by atoms with Crippen LogP contribution in [0.5, 0.6) is 11.5 Å². The summed E-state index contributed by atoms with van der Waals surface area (Å²) in [5, 5.41) is 19.0. The molecule has 0 spiro atoms. The molecule has 24 heavy (non-hydrogen) atoms. The normalized spacial score (nSPS) is 10.6. The topological polar surface area (TPSA) is 53.4 Å². The number of phenols is 2. The van der Waals surface area contributed by atoms with Gasteiger partial charge in [-0.05, 0) is 42.0 Å². The van der Waals surface area contributed by atoms with Crippen LogP contribution in [0.25, 0.3) is 16.8 Å². The molecule has 3 rings (SSSR count). The molecule has 2 aromatic carbocycles. The van der Waals surface area contributed by atoms with E-state index in [0.717, 1.165) is 6.07 Å². The Bertz CT molecular complexity index is 938. The van der Waals surface area contributed by atoms with Gasteiger partial charge in [0.05, 0.1) is 11.4 Å². The molecular weight excluding hydrogens is 312 g/mol. The predicted octanol–water partition coefficient (Wildman–Crippen LogP) is 4.50. The van der Waals surface area contributed by atoms with Crippen molar-refractivity contribution in [3.8, 4) is 22.8 Å². The van der Waals surface area contributed by atoms with Gasteiger partial charge in [0.25, 0.3) is 0 Å². The number of benzene rings is 2. The monoisotopic (exact) mass is 325 g/mol. The molecule has 0 saturated heterocycles. The summed E-state index contributed by atoms with van der Waals surface area (Å²) < 4.78 is 27.2. The first-order valence-corrected chi connectivity index (χ1v) is 7.10. The molecule has 0 atom stereocenters. The van der Waals surface area contributed by atoms with E-state index in [1.807, 2.05) is 0 Å². The van der Waals surface area contributed by atoms with E-state index >= 15 is 0 Å². The Balaban J connectivity index is 2.03. The molecule has 3 nitrogen and oxygen atoms in total. The van der Waals surface area contributed by atoms with Crippen LogP contribution in [0.2, 0.25) is 0 Å². The Hall–Kier alpha value is -3.21. The summed E-state index contributed by atoms with van der Waals surface area (Å²) in [7, 11) is 0. The van der Waals surface area contributed by atoms with E-state index in [1.165, 1.54) is 30.3 Å². The fourth-order valence-electron chi connectivity index (χ4n) is 2.32. The molecule has 0 amide bonds. The minimum absolute atomic E-state index is 0.159. The number of hydrogen-bond donors (Lipinski definition) is 2. The Kier molecular flexibility index (Phi) is 4.00. The first-order valence-electron chi connectivity index (χ1n) is 7.10. The standard InChI is InChI=1S/C19H13F2NO2/c1-11(12-8-9-14(20)18(24)10-12)15-5-3-6-16(22-15)13-4-2-7-17(23)19(13)21/h2-10,23-24H,1H2. The molecule has 1 aromatic heterocycles. The maximum Gasteiger partial charge on any atom is 0.174 e. The average molecular weight is 325 g/mol. The second kappa shape index (κ2) is 6.12. The van der Waals surface area contributed by atoms with Crippen LogP contribution in [0.4, 0.5) is 8.78 Å². The van der Waals surface area contributed by atoms with Crippen LogP contribution in [0, 0.1) is 11.6 Å². The number of phenolic OH excluding ortho intramolecular Hbond substituents is 2. The fourth-order valence-corrected chi connectivity index (χ4v) is 2.32. The van der Waals surface area contributed by atoms with Gasteiger partial charge in [0.2, 0.25) is 0 Å². The Morgan fingerprint density at radius 3 is 2.42 bits per heavy atom. The summed E-state index contributed by atoms with van der Waals surface area (Å²) in [4.78, 5) is 4.35. The van der Waals surface area contributed by atoms with Crippen LogP contribution < -0.4 is 0 Å². The van der Waals surface area contributed by atoms with E-state index in [9.17, 15) is 19.0 Å². The van der Waals surface area contributed by atoms with Gasteiger partial charge in [0, 0.05) is 11.1 Å². The van der Waals surface area contributed by atoms with Crippen LogP contribution in [-0.4, -0.2) is 15.2 Å². The summed E-state index contributed by atoms with van der Waals surface area (Å²) in [5.41, 5.74) is 1.88. The maximum absolute atomic E-state index is 14.1. The van der Waals surface area contributed by atoms with E-state index in [2.05, 4.69) is 11.6 Å². The van der Waals surface area contributed by atoms with Crippen molar-refractivity contribution in [2.24, 2.45) is 0 Å². The molecule has 0 bridgehead atoms. The molecule has 2 N–H and O–H groups in total. The first-order chi connectivity index (χ1) is 11.5. The highest BCUT2D eigenvalue weighted by atomic mass is 19.1. The molecule has 0 unspecified atom stereocenters. The molecule has 1 heterocycles. The maximum atomic E-state index is 14.1. The SMILES string of the molecule is C=C(c1ccc(F)c(O)c1)c1cccc(-c2cccc(O)c2F)n1. The Morgan fingerprint density at radius 2 is 1.67 bits per heavy atom. The third kappa shape index (κ3) is 2.84. The highest BCUT2D eigenvalue weighted by Crippen LogP contribution is 2.30. The number of pyridine rings is 1. The number of rotatable bonds is 3. The minimum atomic E-state index is -0.757. The van der Waals surface area contributed by atoms with Crippen LogP contribution in [0.1, 0.15) is 11.3 Å². The zero-order chi connectivity index (χ0) is 17.3. The van der Waals surface area contributed by atoms with Gasteiger partial charge >= 0.3 is 0 Å². The second-order valence-electron chi connectivity index (χ2n) is 5.19. The van der Waals surface area contributed by atoms with Crippen molar-refractivity contribution < 1.29 is 19.0 Å². The number of nitrogens with zero attached hydrogens (tertiary/aromatic N) is 1. The summed E-state index contributed by atoms with van der Waals surface area (Å²) in [6.45, 7) is 3.90. The van der Waals surface area contributed by atoms with E-state index in [0.29, 0.717) is 22.5 Å². The van der Waals surface area contributed by atoms with Gasteiger partial charge in [-0.2, -0.15) is 0 Å². The number of hydrogen-bond acceptors (Lipinski definition) is 3. The molecular formula is C19H13F2NO2. The van der Waals surface area contributed by atoms with Crippen molar-refractivity contribution in [2.75, 3.05) is 0 Å². The highest BCUT2D eigenvalue weighted by Gasteiger charge is 2.13. The second-order valence-corrected chi connectivity index (χ2v) is 5.19. The predicted molar refractivity (Wildman–Crippen MR) is 87.5 cm³/mol. The molecule has 0 aliphatic carbocycles. The lowest BCUT2D eigenvalue weighted by Crippen LogP contribution is -1.95. The quantitative estimate of drug-likeness (QED) is 0.745. The van der Waals surface area contributed by atoms with Crippen LogP contribution in [-0.2, 0) is 0 Å². The zero-order valence-electron chi connectivity index (χ0n) is 12.5. The van der Waals surface area contributed by atoms with Gasteiger partial charge in [-0.15, -0.1) is 0 Å². The fraction of sp³-hybridized carbons (Fsp3) is 0. The third-order valence-corrected chi connectivity index (χ3v) is 3.61.